The second-order valence-electron chi connectivity index (χ2n) is 4.18. The van der Waals surface area contributed by atoms with Gasteiger partial charge in [-0.25, -0.2) is 4.98 Å². The van der Waals surface area contributed by atoms with Crippen LogP contribution >= 0.6 is 0 Å². The summed E-state index contributed by atoms with van der Waals surface area (Å²) >= 11 is 0. The quantitative estimate of drug-likeness (QED) is 0.854. The van der Waals surface area contributed by atoms with Crippen LogP contribution in [0.25, 0.3) is 5.69 Å². The van der Waals surface area contributed by atoms with Gasteiger partial charge in [-0.2, -0.15) is 0 Å². The Labute approximate surface area is 95.9 Å². The SMILES string of the molecule is CC(C)c1cncn1-c1ccccc1CN. The third-order valence-corrected chi connectivity index (χ3v) is 2.73. The first kappa shape index (κ1) is 10.9. The number of aromatic nitrogens is 2. The zero-order valence-electron chi connectivity index (χ0n) is 9.72. The molecule has 0 saturated heterocycles. The Morgan fingerprint density at radius 3 is 2.75 bits per heavy atom. The third kappa shape index (κ3) is 1.86. The fourth-order valence-corrected chi connectivity index (χ4v) is 1.85. The summed E-state index contributed by atoms with van der Waals surface area (Å²) in [5, 5.41) is 0. The van der Waals surface area contributed by atoms with Gasteiger partial charge in [-0.3, -0.25) is 0 Å². The summed E-state index contributed by atoms with van der Waals surface area (Å²) in [5.74, 6) is 0.452. The maximum Gasteiger partial charge on any atom is 0.0994 e. The summed E-state index contributed by atoms with van der Waals surface area (Å²) in [4.78, 5) is 4.22. The van der Waals surface area contributed by atoms with Crippen LogP contribution in [0.15, 0.2) is 36.8 Å². The molecule has 2 aromatic rings. The second kappa shape index (κ2) is 4.49. The summed E-state index contributed by atoms with van der Waals surface area (Å²) in [5.41, 5.74) is 9.23. The lowest BCUT2D eigenvalue weighted by Gasteiger charge is -2.13. The molecule has 0 aliphatic heterocycles. The Hall–Kier alpha value is -1.61. The van der Waals surface area contributed by atoms with Crippen LogP contribution in [0, 0.1) is 0 Å². The summed E-state index contributed by atoms with van der Waals surface area (Å²) < 4.78 is 2.12. The smallest absolute Gasteiger partial charge is 0.0994 e. The van der Waals surface area contributed by atoms with Gasteiger partial charge in [0.2, 0.25) is 0 Å². The van der Waals surface area contributed by atoms with E-state index in [9.17, 15) is 0 Å². The lowest BCUT2D eigenvalue weighted by atomic mass is 10.1. The predicted molar refractivity (Wildman–Crippen MR) is 65.5 cm³/mol. The first-order valence-electron chi connectivity index (χ1n) is 5.54. The average molecular weight is 215 g/mol. The highest BCUT2D eigenvalue weighted by atomic mass is 15.1. The van der Waals surface area contributed by atoms with E-state index >= 15 is 0 Å². The number of benzene rings is 1. The van der Waals surface area contributed by atoms with Gasteiger partial charge in [0.25, 0.3) is 0 Å². The normalized spacial score (nSPS) is 11.0. The van der Waals surface area contributed by atoms with Crippen molar-refractivity contribution in [2.75, 3.05) is 0 Å². The van der Waals surface area contributed by atoms with E-state index in [-0.39, 0.29) is 0 Å². The molecule has 0 aliphatic carbocycles. The van der Waals surface area contributed by atoms with Gasteiger partial charge in [0.1, 0.15) is 0 Å². The Kier molecular flexibility index (Phi) is 3.06. The lowest BCUT2D eigenvalue weighted by Crippen LogP contribution is -2.06. The summed E-state index contributed by atoms with van der Waals surface area (Å²) in [6.07, 6.45) is 3.77. The van der Waals surface area contributed by atoms with E-state index < -0.39 is 0 Å². The van der Waals surface area contributed by atoms with Gasteiger partial charge in [0.15, 0.2) is 0 Å². The highest BCUT2D eigenvalue weighted by Crippen LogP contribution is 2.21. The van der Waals surface area contributed by atoms with Crippen molar-refractivity contribution in [3.8, 4) is 5.69 Å². The van der Waals surface area contributed by atoms with Gasteiger partial charge < -0.3 is 10.3 Å². The molecule has 0 unspecified atom stereocenters. The zero-order chi connectivity index (χ0) is 11.5. The number of hydrogen-bond acceptors (Lipinski definition) is 2. The molecule has 3 heteroatoms. The molecule has 1 aromatic carbocycles. The van der Waals surface area contributed by atoms with Crippen LogP contribution in [-0.4, -0.2) is 9.55 Å². The number of rotatable bonds is 3. The summed E-state index contributed by atoms with van der Waals surface area (Å²) in [7, 11) is 0. The van der Waals surface area contributed by atoms with E-state index in [1.807, 2.05) is 24.7 Å². The minimum atomic E-state index is 0.452. The van der Waals surface area contributed by atoms with E-state index in [4.69, 9.17) is 5.73 Å². The molecule has 0 aliphatic rings. The van der Waals surface area contributed by atoms with Crippen LogP contribution < -0.4 is 5.73 Å². The number of imidazole rings is 1. The molecule has 0 amide bonds. The average Bonchev–Trinajstić information content (AvgIpc) is 2.77. The maximum atomic E-state index is 5.75. The van der Waals surface area contributed by atoms with Crippen molar-refractivity contribution in [3.05, 3.63) is 48.0 Å². The molecule has 1 aromatic heterocycles. The van der Waals surface area contributed by atoms with Crippen molar-refractivity contribution >= 4 is 0 Å². The molecule has 0 bridgehead atoms. The first-order valence-corrected chi connectivity index (χ1v) is 5.54. The third-order valence-electron chi connectivity index (χ3n) is 2.73. The molecule has 0 radical (unpaired) electrons. The van der Waals surface area contributed by atoms with Crippen molar-refractivity contribution in [2.24, 2.45) is 5.73 Å². The Bertz CT molecular complexity index is 472. The van der Waals surface area contributed by atoms with Gasteiger partial charge in [-0.15, -0.1) is 0 Å². The van der Waals surface area contributed by atoms with Crippen LogP contribution in [0.1, 0.15) is 31.0 Å². The maximum absolute atomic E-state index is 5.75. The molecular formula is C13H17N3. The van der Waals surface area contributed by atoms with Gasteiger partial charge in [0.05, 0.1) is 12.0 Å². The number of hydrogen-bond donors (Lipinski definition) is 1. The van der Waals surface area contributed by atoms with E-state index in [0.29, 0.717) is 12.5 Å². The zero-order valence-corrected chi connectivity index (χ0v) is 9.72. The van der Waals surface area contributed by atoms with Crippen LogP contribution in [0.3, 0.4) is 0 Å². The Morgan fingerprint density at radius 2 is 2.06 bits per heavy atom. The van der Waals surface area contributed by atoms with Gasteiger partial charge in [-0.05, 0) is 17.5 Å². The molecule has 1 heterocycles. The molecule has 16 heavy (non-hydrogen) atoms. The number of nitrogens with two attached hydrogens (primary N) is 1. The van der Waals surface area contributed by atoms with Crippen molar-refractivity contribution in [1.82, 2.24) is 9.55 Å². The second-order valence-corrected chi connectivity index (χ2v) is 4.18. The molecule has 2 rings (SSSR count). The minimum Gasteiger partial charge on any atom is -0.326 e. The molecule has 0 atom stereocenters. The predicted octanol–water partition coefficient (Wildman–Crippen LogP) is 2.45. The van der Waals surface area contributed by atoms with Gasteiger partial charge >= 0.3 is 0 Å². The highest BCUT2D eigenvalue weighted by molar-refractivity contribution is 5.42. The topological polar surface area (TPSA) is 43.8 Å². The molecule has 0 spiro atoms. The van der Waals surface area contributed by atoms with Crippen molar-refractivity contribution < 1.29 is 0 Å². The number of nitrogens with zero attached hydrogens (tertiary/aromatic N) is 2. The largest absolute Gasteiger partial charge is 0.326 e. The van der Waals surface area contributed by atoms with E-state index in [0.717, 1.165) is 11.3 Å². The molecule has 0 fully saturated rings. The summed E-state index contributed by atoms with van der Waals surface area (Å²) in [6, 6.07) is 8.17. The summed E-state index contributed by atoms with van der Waals surface area (Å²) in [6.45, 7) is 4.88. The fourth-order valence-electron chi connectivity index (χ4n) is 1.85. The Balaban J connectivity index is 2.54. The molecule has 3 nitrogen and oxygen atoms in total. The first-order chi connectivity index (χ1) is 7.74. The fraction of sp³-hybridized carbons (Fsp3) is 0.308. The monoisotopic (exact) mass is 215 g/mol. The minimum absolute atomic E-state index is 0.452. The van der Waals surface area contributed by atoms with Crippen molar-refractivity contribution in [3.63, 3.8) is 0 Å². The molecule has 0 saturated carbocycles. The van der Waals surface area contributed by atoms with Crippen LogP contribution in [0.5, 0.6) is 0 Å². The lowest BCUT2D eigenvalue weighted by molar-refractivity contribution is 0.782. The van der Waals surface area contributed by atoms with Crippen molar-refractivity contribution in [2.45, 2.75) is 26.3 Å². The Morgan fingerprint density at radius 1 is 1.31 bits per heavy atom. The molecule has 84 valence electrons. The van der Waals surface area contributed by atoms with Gasteiger partial charge in [0, 0.05) is 18.4 Å². The standard InChI is InChI=1S/C13H17N3/c1-10(2)13-8-15-9-16(13)12-6-4-3-5-11(12)7-14/h3-6,8-10H,7,14H2,1-2H3. The van der Waals surface area contributed by atoms with E-state index in [1.54, 1.807) is 0 Å². The number of para-hydroxylation sites is 1. The van der Waals surface area contributed by atoms with Gasteiger partial charge in [-0.1, -0.05) is 32.0 Å². The van der Waals surface area contributed by atoms with E-state index in [2.05, 4.69) is 35.5 Å². The molecule has 2 N–H and O–H groups in total. The van der Waals surface area contributed by atoms with E-state index in [1.165, 1.54) is 5.69 Å². The van der Waals surface area contributed by atoms with Crippen LogP contribution in [-0.2, 0) is 6.54 Å². The highest BCUT2D eigenvalue weighted by Gasteiger charge is 2.09. The van der Waals surface area contributed by atoms with Crippen molar-refractivity contribution in [1.29, 1.82) is 0 Å². The van der Waals surface area contributed by atoms with Crippen LogP contribution in [0.2, 0.25) is 0 Å². The molecular weight excluding hydrogens is 198 g/mol. The van der Waals surface area contributed by atoms with Crippen LogP contribution in [0.4, 0.5) is 0 Å².